The standard InChI is InChI=1S/C17H17ClN4O5S/c1-21-15(24)8-28-13-6-19-22(17(25)16(13)21)7-14(23)20-10-4-9(18)11(26-2)5-12(10)27-3/h4-6H,7-8H2,1-3H3,(H,20,23). The third-order valence-electron chi connectivity index (χ3n) is 4.09. The van der Waals surface area contributed by atoms with Gasteiger partial charge >= 0.3 is 0 Å². The van der Waals surface area contributed by atoms with Crippen molar-refractivity contribution in [3.05, 3.63) is 33.7 Å². The number of anilines is 2. The maximum atomic E-state index is 12.7. The molecule has 0 atom stereocenters. The molecule has 1 aliphatic rings. The smallest absolute Gasteiger partial charge is 0.292 e. The van der Waals surface area contributed by atoms with Gasteiger partial charge in [0.15, 0.2) is 0 Å². The molecule has 1 aromatic heterocycles. The zero-order valence-electron chi connectivity index (χ0n) is 15.3. The van der Waals surface area contributed by atoms with Gasteiger partial charge < -0.3 is 19.7 Å². The molecule has 0 saturated heterocycles. The van der Waals surface area contributed by atoms with Crippen LogP contribution in [0.2, 0.25) is 5.02 Å². The van der Waals surface area contributed by atoms with Crippen LogP contribution < -0.4 is 25.2 Å². The second kappa shape index (κ2) is 8.11. The molecule has 1 N–H and O–H groups in total. The van der Waals surface area contributed by atoms with Gasteiger partial charge in [-0.3, -0.25) is 14.4 Å². The summed E-state index contributed by atoms with van der Waals surface area (Å²) >= 11 is 7.34. The largest absolute Gasteiger partial charge is 0.495 e. The van der Waals surface area contributed by atoms with Crippen molar-refractivity contribution >= 4 is 46.6 Å². The summed E-state index contributed by atoms with van der Waals surface area (Å²) in [5.74, 6) is 0.296. The Morgan fingerprint density at radius 3 is 2.68 bits per heavy atom. The van der Waals surface area contributed by atoms with Gasteiger partial charge in [-0.25, -0.2) is 4.68 Å². The molecule has 0 fully saturated rings. The van der Waals surface area contributed by atoms with Crippen molar-refractivity contribution in [2.24, 2.45) is 0 Å². The molecule has 0 aliphatic carbocycles. The first kappa shape index (κ1) is 20.0. The predicted octanol–water partition coefficient (Wildman–Crippen LogP) is 1.62. The summed E-state index contributed by atoms with van der Waals surface area (Å²) in [6, 6.07) is 3.03. The van der Waals surface area contributed by atoms with Gasteiger partial charge in [0.05, 0.1) is 41.8 Å². The van der Waals surface area contributed by atoms with Crippen LogP contribution in [0, 0.1) is 0 Å². The lowest BCUT2D eigenvalue weighted by atomic mass is 10.2. The van der Waals surface area contributed by atoms with E-state index in [1.165, 1.54) is 50.2 Å². The fourth-order valence-corrected chi connectivity index (χ4v) is 3.83. The Labute approximate surface area is 169 Å². The number of carbonyl (C=O) groups excluding carboxylic acids is 2. The van der Waals surface area contributed by atoms with Crippen LogP contribution in [-0.4, -0.2) is 48.6 Å². The Balaban J connectivity index is 1.84. The molecule has 28 heavy (non-hydrogen) atoms. The number of hydrogen-bond acceptors (Lipinski definition) is 7. The Bertz CT molecular complexity index is 1010. The minimum absolute atomic E-state index is 0.186. The predicted molar refractivity (Wildman–Crippen MR) is 106 cm³/mol. The van der Waals surface area contributed by atoms with E-state index in [-0.39, 0.29) is 23.9 Å². The van der Waals surface area contributed by atoms with Gasteiger partial charge in [-0.15, -0.1) is 11.8 Å². The lowest BCUT2D eigenvalue weighted by molar-refractivity contribution is -0.117. The van der Waals surface area contributed by atoms with E-state index in [1.54, 1.807) is 6.07 Å². The summed E-state index contributed by atoms with van der Waals surface area (Å²) in [5, 5.41) is 6.96. The number of aromatic nitrogens is 2. The monoisotopic (exact) mass is 424 g/mol. The van der Waals surface area contributed by atoms with Crippen LogP contribution in [0.5, 0.6) is 11.5 Å². The fraction of sp³-hybridized carbons (Fsp3) is 0.294. The number of hydrogen-bond donors (Lipinski definition) is 1. The molecule has 2 aromatic rings. The fourth-order valence-electron chi connectivity index (χ4n) is 2.63. The van der Waals surface area contributed by atoms with Gasteiger partial charge in [-0.05, 0) is 6.07 Å². The molecular weight excluding hydrogens is 408 g/mol. The lowest BCUT2D eigenvalue weighted by Gasteiger charge is -2.24. The van der Waals surface area contributed by atoms with Crippen LogP contribution in [0.3, 0.4) is 0 Å². The third kappa shape index (κ3) is 3.78. The Morgan fingerprint density at radius 1 is 1.29 bits per heavy atom. The molecule has 0 unspecified atom stereocenters. The molecule has 2 amide bonds. The van der Waals surface area contributed by atoms with Crippen LogP contribution in [0.1, 0.15) is 0 Å². The summed E-state index contributed by atoms with van der Waals surface area (Å²) < 4.78 is 11.4. The van der Waals surface area contributed by atoms with E-state index in [0.717, 1.165) is 4.68 Å². The Morgan fingerprint density at radius 2 is 2.00 bits per heavy atom. The van der Waals surface area contributed by atoms with Crippen molar-refractivity contribution in [2.45, 2.75) is 11.4 Å². The highest BCUT2D eigenvalue weighted by Gasteiger charge is 2.26. The number of nitrogens with zero attached hydrogens (tertiary/aromatic N) is 3. The van der Waals surface area contributed by atoms with Crippen molar-refractivity contribution in [2.75, 3.05) is 37.2 Å². The SMILES string of the molecule is COc1cc(OC)c(NC(=O)Cn2ncc3c(c2=O)N(C)C(=O)CS3)cc1Cl. The molecule has 3 rings (SSSR count). The quantitative estimate of drug-likeness (QED) is 0.777. The molecule has 2 heterocycles. The van der Waals surface area contributed by atoms with Crippen LogP contribution in [0.15, 0.2) is 28.0 Å². The van der Waals surface area contributed by atoms with E-state index in [9.17, 15) is 14.4 Å². The van der Waals surface area contributed by atoms with E-state index in [0.29, 0.717) is 27.1 Å². The highest BCUT2D eigenvalue weighted by Crippen LogP contribution is 2.36. The number of ether oxygens (including phenoxy) is 2. The van der Waals surface area contributed by atoms with Gasteiger partial charge in [0.2, 0.25) is 11.8 Å². The molecule has 0 bridgehead atoms. The number of halogens is 1. The maximum absolute atomic E-state index is 12.7. The second-order valence-corrected chi connectivity index (χ2v) is 7.22. The number of carbonyl (C=O) groups is 2. The molecule has 0 radical (unpaired) electrons. The highest BCUT2D eigenvalue weighted by molar-refractivity contribution is 8.00. The summed E-state index contributed by atoms with van der Waals surface area (Å²) in [6.07, 6.45) is 1.47. The zero-order valence-corrected chi connectivity index (χ0v) is 16.9. The number of nitrogens with one attached hydrogen (secondary N) is 1. The van der Waals surface area contributed by atoms with Crippen LogP contribution in [0.4, 0.5) is 11.4 Å². The molecule has 1 aromatic carbocycles. The van der Waals surface area contributed by atoms with Crippen LogP contribution in [-0.2, 0) is 16.1 Å². The first-order valence-corrected chi connectivity index (χ1v) is 9.43. The average Bonchev–Trinajstić information content (AvgIpc) is 2.67. The minimum Gasteiger partial charge on any atom is -0.495 e. The number of fused-ring (bicyclic) bond motifs is 1. The van der Waals surface area contributed by atoms with Gasteiger partial charge in [-0.2, -0.15) is 5.10 Å². The number of benzene rings is 1. The van der Waals surface area contributed by atoms with Crippen molar-refractivity contribution in [3.63, 3.8) is 0 Å². The van der Waals surface area contributed by atoms with E-state index in [4.69, 9.17) is 21.1 Å². The first-order chi connectivity index (χ1) is 13.3. The molecule has 9 nitrogen and oxygen atoms in total. The summed E-state index contributed by atoms with van der Waals surface area (Å²) in [7, 11) is 4.43. The van der Waals surface area contributed by atoms with Gasteiger partial charge in [-0.1, -0.05) is 11.6 Å². The van der Waals surface area contributed by atoms with Crippen LogP contribution in [0.25, 0.3) is 0 Å². The van der Waals surface area contributed by atoms with Gasteiger partial charge in [0.25, 0.3) is 5.56 Å². The van der Waals surface area contributed by atoms with Crippen molar-refractivity contribution in [3.8, 4) is 11.5 Å². The second-order valence-electron chi connectivity index (χ2n) is 5.80. The number of rotatable bonds is 5. The average molecular weight is 425 g/mol. The van der Waals surface area contributed by atoms with Gasteiger partial charge in [0.1, 0.15) is 23.7 Å². The third-order valence-corrected chi connectivity index (χ3v) is 5.38. The number of methoxy groups -OCH3 is 2. The van der Waals surface area contributed by atoms with E-state index >= 15 is 0 Å². The molecule has 11 heteroatoms. The lowest BCUT2D eigenvalue weighted by Crippen LogP contribution is -2.40. The minimum atomic E-state index is -0.518. The summed E-state index contributed by atoms with van der Waals surface area (Å²) in [4.78, 5) is 38.9. The van der Waals surface area contributed by atoms with Crippen molar-refractivity contribution < 1.29 is 19.1 Å². The number of thioether (sulfide) groups is 1. The number of amides is 2. The molecular formula is C17H17ClN4O5S. The molecule has 148 valence electrons. The summed E-state index contributed by atoms with van der Waals surface area (Å²) in [6.45, 7) is -0.342. The molecule has 0 saturated carbocycles. The maximum Gasteiger partial charge on any atom is 0.292 e. The molecule has 0 spiro atoms. The zero-order chi connectivity index (χ0) is 20.4. The Hall–Kier alpha value is -2.72. The van der Waals surface area contributed by atoms with Crippen LogP contribution >= 0.6 is 23.4 Å². The van der Waals surface area contributed by atoms with Crippen molar-refractivity contribution in [1.82, 2.24) is 9.78 Å². The normalized spacial score (nSPS) is 13.1. The van der Waals surface area contributed by atoms with Gasteiger partial charge in [0, 0.05) is 13.1 Å². The molecule has 1 aliphatic heterocycles. The van der Waals surface area contributed by atoms with Crippen molar-refractivity contribution in [1.29, 1.82) is 0 Å². The highest BCUT2D eigenvalue weighted by atomic mass is 35.5. The summed E-state index contributed by atoms with van der Waals surface area (Å²) in [5.41, 5.74) is 0.0247. The topological polar surface area (TPSA) is 103 Å². The van der Waals surface area contributed by atoms with E-state index < -0.39 is 11.5 Å². The van der Waals surface area contributed by atoms with E-state index in [2.05, 4.69) is 10.4 Å². The first-order valence-electron chi connectivity index (χ1n) is 8.06. The Kier molecular flexibility index (Phi) is 5.80. The van der Waals surface area contributed by atoms with E-state index in [1.807, 2.05) is 0 Å².